The highest BCUT2D eigenvalue weighted by Gasteiger charge is 2.41. The largest absolute Gasteiger partial charge is 0.393 e. The molecule has 0 aliphatic carbocycles. The number of hydrogen-bond donors (Lipinski definition) is 2. The molecule has 2 N–H and O–H groups in total. The van der Waals surface area contributed by atoms with Gasteiger partial charge in [0.05, 0.1) is 12.2 Å². The van der Waals surface area contributed by atoms with Gasteiger partial charge in [-0.2, -0.15) is 0 Å². The number of ether oxygens (including phenoxy) is 1. The Morgan fingerprint density at radius 3 is 3.33 bits per heavy atom. The van der Waals surface area contributed by atoms with E-state index in [1.807, 2.05) is 7.05 Å². The van der Waals surface area contributed by atoms with Crippen molar-refractivity contribution in [3.05, 3.63) is 12.2 Å². The molecule has 2 heterocycles. The van der Waals surface area contributed by atoms with E-state index in [-0.39, 0.29) is 17.8 Å². The topological polar surface area (TPSA) is 41.5 Å². The molecule has 2 aliphatic heterocycles. The van der Waals surface area contributed by atoms with Gasteiger partial charge in [-0.3, -0.25) is 0 Å². The van der Waals surface area contributed by atoms with Gasteiger partial charge in [0, 0.05) is 19.4 Å². The number of hydrogen-bond acceptors (Lipinski definition) is 3. The first kappa shape index (κ1) is 8.23. The Morgan fingerprint density at radius 2 is 2.58 bits per heavy atom. The first-order valence-corrected chi connectivity index (χ1v) is 4.44. The predicted molar refractivity (Wildman–Crippen MR) is 45.9 cm³/mol. The van der Waals surface area contributed by atoms with Gasteiger partial charge in [-0.25, -0.2) is 0 Å². The number of aliphatic hydroxyl groups excluding tert-OH is 1. The van der Waals surface area contributed by atoms with Crippen LogP contribution < -0.4 is 5.32 Å². The molecule has 2 rings (SSSR count). The third-order valence-electron chi connectivity index (χ3n) is 2.56. The second-order valence-corrected chi connectivity index (χ2v) is 3.70. The van der Waals surface area contributed by atoms with Crippen molar-refractivity contribution in [2.45, 2.75) is 30.7 Å². The van der Waals surface area contributed by atoms with Gasteiger partial charge in [-0.1, -0.05) is 12.2 Å². The number of fused-ring (bicyclic) bond motifs is 2. The van der Waals surface area contributed by atoms with E-state index in [1.165, 1.54) is 0 Å². The molecule has 68 valence electrons. The zero-order valence-electron chi connectivity index (χ0n) is 7.29. The summed E-state index contributed by atoms with van der Waals surface area (Å²) in [7, 11) is 1.90. The summed E-state index contributed by atoms with van der Waals surface area (Å²) >= 11 is 0. The third-order valence-corrected chi connectivity index (χ3v) is 2.56. The molecule has 0 amide bonds. The average molecular weight is 169 g/mol. The van der Waals surface area contributed by atoms with E-state index in [4.69, 9.17) is 4.74 Å². The Labute approximate surface area is 72.4 Å². The molecule has 3 atom stereocenters. The van der Waals surface area contributed by atoms with Gasteiger partial charge < -0.3 is 15.2 Å². The number of rotatable bonds is 2. The zero-order chi connectivity index (χ0) is 8.60. The summed E-state index contributed by atoms with van der Waals surface area (Å²) in [6.07, 6.45) is 5.56. The van der Waals surface area contributed by atoms with Crippen LogP contribution in [0.25, 0.3) is 0 Å². The second-order valence-electron chi connectivity index (χ2n) is 3.70. The molecule has 0 aromatic rings. The van der Waals surface area contributed by atoms with Gasteiger partial charge in [0.15, 0.2) is 0 Å². The first-order chi connectivity index (χ1) is 5.74. The lowest BCUT2D eigenvalue weighted by molar-refractivity contribution is -0.102. The number of aliphatic hydroxyl groups is 1. The predicted octanol–water partition coefficient (Wildman–Crippen LogP) is 0.0543. The fourth-order valence-corrected chi connectivity index (χ4v) is 2.13. The quantitative estimate of drug-likeness (QED) is 0.574. The standard InChI is InChI=1S/C9H15NO2/c1-10-6-9-3-2-8(12-9)4-7(11)5-9/h2-3,7-8,10-11H,4-6H2,1H3/t7-,8+,9-/m0/s1. The van der Waals surface area contributed by atoms with E-state index in [2.05, 4.69) is 17.5 Å². The molecule has 0 saturated carbocycles. The van der Waals surface area contributed by atoms with E-state index in [0.29, 0.717) is 0 Å². The molecular formula is C9H15NO2. The van der Waals surface area contributed by atoms with Crippen LogP contribution in [0, 0.1) is 0 Å². The fourth-order valence-electron chi connectivity index (χ4n) is 2.13. The van der Waals surface area contributed by atoms with Crippen LogP contribution in [0.2, 0.25) is 0 Å². The van der Waals surface area contributed by atoms with Gasteiger partial charge in [0.25, 0.3) is 0 Å². The number of likely N-dealkylation sites (N-methyl/N-ethyl adjacent to an activating group) is 1. The van der Waals surface area contributed by atoms with Crippen LogP contribution in [0.15, 0.2) is 12.2 Å². The molecule has 0 unspecified atom stereocenters. The minimum absolute atomic E-state index is 0.141. The summed E-state index contributed by atoms with van der Waals surface area (Å²) in [4.78, 5) is 0. The van der Waals surface area contributed by atoms with E-state index in [1.54, 1.807) is 0 Å². The van der Waals surface area contributed by atoms with Crippen LogP contribution in [0.4, 0.5) is 0 Å². The zero-order valence-corrected chi connectivity index (χ0v) is 7.29. The Kier molecular flexibility index (Phi) is 1.94. The van der Waals surface area contributed by atoms with Crippen molar-refractivity contribution in [1.29, 1.82) is 0 Å². The first-order valence-electron chi connectivity index (χ1n) is 4.44. The Hall–Kier alpha value is -0.380. The van der Waals surface area contributed by atoms with Crippen molar-refractivity contribution in [2.24, 2.45) is 0 Å². The summed E-state index contributed by atoms with van der Waals surface area (Å²) in [5.74, 6) is 0. The molecule has 0 aromatic heterocycles. The lowest BCUT2D eigenvalue weighted by atomic mass is 9.94. The Morgan fingerprint density at radius 1 is 1.75 bits per heavy atom. The third kappa shape index (κ3) is 1.28. The van der Waals surface area contributed by atoms with Gasteiger partial charge >= 0.3 is 0 Å². The van der Waals surface area contributed by atoms with E-state index in [9.17, 15) is 5.11 Å². The Bertz CT molecular complexity index is 205. The molecule has 1 fully saturated rings. The van der Waals surface area contributed by atoms with Gasteiger partial charge in [-0.15, -0.1) is 0 Å². The van der Waals surface area contributed by atoms with E-state index < -0.39 is 0 Å². The molecule has 2 bridgehead atoms. The fraction of sp³-hybridized carbons (Fsp3) is 0.778. The lowest BCUT2D eigenvalue weighted by Gasteiger charge is -2.35. The van der Waals surface area contributed by atoms with Crippen LogP contribution in [-0.4, -0.2) is 36.5 Å². The summed E-state index contributed by atoms with van der Waals surface area (Å²) in [5.41, 5.74) is -0.225. The van der Waals surface area contributed by atoms with Crippen molar-refractivity contribution in [3.8, 4) is 0 Å². The van der Waals surface area contributed by atoms with Gasteiger partial charge in [0.1, 0.15) is 5.60 Å². The van der Waals surface area contributed by atoms with E-state index in [0.717, 1.165) is 19.4 Å². The van der Waals surface area contributed by atoms with Crippen LogP contribution in [0.3, 0.4) is 0 Å². The summed E-state index contributed by atoms with van der Waals surface area (Å²) < 4.78 is 5.76. The van der Waals surface area contributed by atoms with Crippen molar-refractivity contribution < 1.29 is 9.84 Å². The molecular weight excluding hydrogens is 154 g/mol. The van der Waals surface area contributed by atoms with Crippen LogP contribution in [0.1, 0.15) is 12.8 Å². The van der Waals surface area contributed by atoms with Gasteiger partial charge in [0.2, 0.25) is 0 Å². The van der Waals surface area contributed by atoms with Crippen LogP contribution in [0.5, 0.6) is 0 Å². The van der Waals surface area contributed by atoms with Crippen molar-refractivity contribution in [2.75, 3.05) is 13.6 Å². The molecule has 0 spiro atoms. The molecule has 3 heteroatoms. The minimum atomic E-state index is -0.225. The summed E-state index contributed by atoms with van der Waals surface area (Å²) in [6, 6.07) is 0. The molecule has 2 aliphatic rings. The molecule has 0 radical (unpaired) electrons. The highest BCUT2D eigenvalue weighted by Crippen LogP contribution is 2.35. The summed E-state index contributed by atoms with van der Waals surface area (Å²) in [5, 5.41) is 12.6. The van der Waals surface area contributed by atoms with Crippen molar-refractivity contribution >= 4 is 0 Å². The lowest BCUT2D eigenvalue weighted by Crippen LogP contribution is -2.46. The molecule has 3 nitrogen and oxygen atoms in total. The maximum absolute atomic E-state index is 9.53. The van der Waals surface area contributed by atoms with Crippen LogP contribution in [-0.2, 0) is 4.74 Å². The summed E-state index contributed by atoms with van der Waals surface area (Å²) in [6.45, 7) is 0.789. The highest BCUT2D eigenvalue weighted by atomic mass is 16.5. The minimum Gasteiger partial charge on any atom is -0.393 e. The highest BCUT2D eigenvalue weighted by molar-refractivity contribution is 5.16. The monoisotopic (exact) mass is 169 g/mol. The maximum atomic E-state index is 9.53. The van der Waals surface area contributed by atoms with Crippen molar-refractivity contribution in [3.63, 3.8) is 0 Å². The second kappa shape index (κ2) is 2.83. The van der Waals surface area contributed by atoms with Gasteiger partial charge in [-0.05, 0) is 7.05 Å². The Balaban J connectivity index is 2.10. The normalized spacial score (nSPS) is 45.2. The molecule has 12 heavy (non-hydrogen) atoms. The van der Waals surface area contributed by atoms with Crippen molar-refractivity contribution in [1.82, 2.24) is 5.32 Å². The van der Waals surface area contributed by atoms with Crippen LogP contribution >= 0.6 is 0 Å². The molecule has 0 aromatic carbocycles. The maximum Gasteiger partial charge on any atom is 0.102 e. The molecule has 1 saturated heterocycles. The number of nitrogens with one attached hydrogen (secondary N) is 1. The van der Waals surface area contributed by atoms with E-state index >= 15 is 0 Å². The SMILES string of the molecule is CNC[C@]12C=C[C@H](C[C@H](O)C1)O2. The average Bonchev–Trinajstić information content (AvgIpc) is 2.27. The smallest absolute Gasteiger partial charge is 0.102 e.